The van der Waals surface area contributed by atoms with Crippen LogP contribution in [0.15, 0.2) is 5.11 Å². The average molecular weight is 328 g/mol. The summed E-state index contributed by atoms with van der Waals surface area (Å²) in [5, 5.41) is 16.1. The maximum absolute atomic E-state index is 12.1. The molecule has 0 spiro atoms. The first kappa shape index (κ1) is 19.1. The van der Waals surface area contributed by atoms with Gasteiger partial charge in [-0.2, -0.15) is 0 Å². The standard InChI is InChI=1S/C14H24N4O5/c1-5-22-12(20)8-6-10(17-18-15)11(19)7-9(8)16-13(21)23-14(2,3)4/h8-11,19H,5-7H2,1-4H3,(H,16,21)/t8-,9+,10-,11-/m0/s1. The minimum Gasteiger partial charge on any atom is -0.466 e. The van der Waals surface area contributed by atoms with E-state index in [1.807, 2.05) is 0 Å². The summed E-state index contributed by atoms with van der Waals surface area (Å²) in [5.74, 6) is -1.21. The van der Waals surface area contributed by atoms with Crippen molar-refractivity contribution in [2.75, 3.05) is 6.61 Å². The molecule has 9 heteroatoms. The van der Waals surface area contributed by atoms with Crippen LogP contribution in [0.25, 0.3) is 10.4 Å². The van der Waals surface area contributed by atoms with E-state index in [0.717, 1.165) is 0 Å². The van der Waals surface area contributed by atoms with Crippen LogP contribution in [0.1, 0.15) is 40.5 Å². The predicted molar refractivity (Wildman–Crippen MR) is 81.5 cm³/mol. The number of nitrogens with zero attached hydrogens (tertiary/aromatic N) is 3. The molecule has 1 rings (SSSR count). The highest BCUT2D eigenvalue weighted by molar-refractivity contribution is 5.75. The Labute approximate surface area is 135 Å². The Morgan fingerprint density at radius 2 is 2.04 bits per heavy atom. The van der Waals surface area contributed by atoms with Crippen LogP contribution in [0.4, 0.5) is 4.79 Å². The van der Waals surface area contributed by atoms with Crippen molar-refractivity contribution in [2.24, 2.45) is 11.0 Å². The second-order valence-corrected chi connectivity index (χ2v) is 6.42. The zero-order valence-electron chi connectivity index (χ0n) is 13.9. The van der Waals surface area contributed by atoms with E-state index >= 15 is 0 Å². The molecule has 1 saturated carbocycles. The van der Waals surface area contributed by atoms with Gasteiger partial charge in [0.05, 0.1) is 24.7 Å². The highest BCUT2D eigenvalue weighted by atomic mass is 16.6. The molecule has 0 aliphatic heterocycles. The Kier molecular flexibility index (Phi) is 6.65. The Morgan fingerprint density at radius 1 is 1.39 bits per heavy atom. The van der Waals surface area contributed by atoms with Crippen molar-refractivity contribution >= 4 is 12.1 Å². The number of hydrogen-bond acceptors (Lipinski definition) is 6. The molecule has 2 N–H and O–H groups in total. The van der Waals surface area contributed by atoms with Crippen LogP contribution in [-0.4, -0.2) is 47.6 Å². The van der Waals surface area contributed by atoms with Gasteiger partial charge in [-0.05, 0) is 46.1 Å². The molecular formula is C14H24N4O5. The molecule has 1 aliphatic carbocycles. The van der Waals surface area contributed by atoms with Crippen LogP contribution < -0.4 is 5.32 Å². The second kappa shape index (κ2) is 8.03. The molecule has 0 saturated heterocycles. The molecule has 0 aromatic rings. The number of ether oxygens (including phenoxy) is 2. The maximum Gasteiger partial charge on any atom is 0.407 e. The smallest absolute Gasteiger partial charge is 0.407 e. The van der Waals surface area contributed by atoms with Gasteiger partial charge in [0.25, 0.3) is 0 Å². The van der Waals surface area contributed by atoms with E-state index in [-0.39, 0.29) is 19.4 Å². The number of azide groups is 1. The average Bonchev–Trinajstić information content (AvgIpc) is 2.39. The summed E-state index contributed by atoms with van der Waals surface area (Å²) < 4.78 is 10.2. The van der Waals surface area contributed by atoms with Crippen molar-refractivity contribution in [1.82, 2.24) is 5.32 Å². The monoisotopic (exact) mass is 328 g/mol. The normalized spacial score (nSPS) is 27.5. The van der Waals surface area contributed by atoms with E-state index in [4.69, 9.17) is 15.0 Å². The molecule has 1 fully saturated rings. The number of carbonyl (C=O) groups excluding carboxylic acids is 2. The predicted octanol–water partition coefficient (Wildman–Crippen LogP) is 1.89. The Hall–Kier alpha value is -1.99. The molecule has 1 amide bonds. The van der Waals surface area contributed by atoms with Gasteiger partial charge >= 0.3 is 12.1 Å². The lowest BCUT2D eigenvalue weighted by atomic mass is 9.80. The van der Waals surface area contributed by atoms with Gasteiger partial charge in [-0.25, -0.2) is 4.79 Å². The van der Waals surface area contributed by atoms with Gasteiger partial charge < -0.3 is 19.9 Å². The highest BCUT2D eigenvalue weighted by Crippen LogP contribution is 2.29. The number of amides is 1. The maximum atomic E-state index is 12.1. The summed E-state index contributed by atoms with van der Waals surface area (Å²) in [6, 6.07) is -1.38. The molecule has 0 heterocycles. The topological polar surface area (TPSA) is 134 Å². The van der Waals surface area contributed by atoms with Gasteiger partial charge in [-0.3, -0.25) is 4.79 Å². The van der Waals surface area contributed by atoms with Crippen LogP contribution in [0, 0.1) is 5.92 Å². The molecular weight excluding hydrogens is 304 g/mol. The summed E-state index contributed by atoms with van der Waals surface area (Å²) in [5.41, 5.74) is 7.87. The van der Waals surface area contributed by atoms with E-state index in [0.29, 0.717) is 0 Å². The van der Waals surface area contributed by atoms with E-state index in [2.05, 4.69) is 15.3 Å². The van der Waals surface area contributed by atoms with Crippen LogP contribution in [0.5, 0.6) is 0 Å². The van der Waals surface area contributed by atoms with E-state index < -0.39 is 41.8 Å². The fourth-order valence-corrected chi connectivity index (χ4v) is 2.48. The van der Waals surface area contributed by atoms with Crippen molar-refractivity contribution in [3.63, 3.8) is 0 Å². The third-order valence-corrected chi connectivity index (χ3v) is 3.41. The Bertz CT molecular complexity index is 484. The molecule has 23 heavy (non-hydrogen) atoms. The number of rotatable bonds is 4. The van der Waals surface area contributed by atoms with Gasteiger partial charge in [0.2, 0.25) is 0 Å². The SMILES string of the molecule is CCOC(=O)[C@H]1C[C@H](N=[N+]=[N-])[C@@H](O)C[C@H]1NC(=O)OC(C)(C)C. The zero-order chi connectivity index (χ0) is 17.6. The molecule has 0 unspecified atom stereocenters. The molecule has 1 aliphatic rings. The quantitative estimate of drug-likeness (QED) is 0.352. The van der Waals surface area contributed by atoms with Crippen molar-refractivity contribution in [3.8, 4) is 0 Å². The molecule has 9 nitrogen and oxygen atoms in total. The second-order valence-electron chi connectivity index (χ2n) is 6.42. The largest absolute Gasteiger partial charge is 0.466 e. The molecule has 0 radical (unpaired) electrons. The molecule has 4 atom stereocenters. The van der Waals surface area contributed by atoms with E-state index in [1.165, 1.54) is 0 Å². The van der Waals surface area contributed by atoms with Gasteiger partial charge in [-0.1, -0.05) is 5.11 Å². The summed E-state index contributed by atoms with van der Waals surface area (Å²) in [4.78, 5) is 26.7. The van der Waals surface area contributed by atoms with Gasteiger partial charge in [-0.15, -0.1) is 0 Å². The first-order chi connectivity index (χ1) is 10.7. The first-order valence-corrected chi connectivity index (χ1v) is 7.56. The fraction of sp³-hybridized carbons (Fsp3) is 0.857. The van der Waals surface area contributed by atoms with Gasteiger partial charge in [0, 0.05) is 11.0 Å². The zero-order valence-corrected chi connectivity index (χ0v) is 13.9. The third-order valence-electron chi connectivity index (χ3n) is 3.41. The molecule has 130 valence electrons. The summed E-state index contributed by atoms with van der Waals surface area (Å²) in [7, 11) is 0. The molecule has 0 aromatic heterocycles. The summed E-state index contributed by atoms with van der Waals surface area (Å²) in [6.45, 7) is 7.05. The van der Waals surface area contributed by atoms with E-state index in [1.54, 1.807) is 27.7 Å². The number of esters is 1. The van der Waals surface area contributed by atoms with Crippen LogP contribution in [0.2, 0.25) is 0 Å². The number of alkyl carbamates (subject to hydrolysis) is 1. The number of aliphatic hydroxyl groups excluding tert-OH is 1. The Morgan fingerprint density at radius 3 is 2.57 bits per heavy atom. The summed E-state index contributed by atoms with van der Waals surface area (Å²) in [6.07, 6.45) is -1.44. The fourth-order valence-electron chi connectivity index (χ4n) is 2.48. The van der Waals surface area contributed by atoms with Gasteiger partial charge in [0.1, 0.15) is 5.60 Å². The van der Waals surface area contributed by atoms with Crippen molar-refractivity contribution in [2.45, 2.75) is 64.3 Å². The number of hydrogen-bond donors (Lipinski definition) is 2. The molecule has 0 aromatic carbocycles. The lowest BCUT2D eigenvalue weighted by Crippen LogP contribution is -2.53. The molecule has 0 bridgehead atoms. The lowest BCUT2D eigenvalue weighted by molar-refractivity contribution is -0.151. The lowest BCUT2D eigenvalue weighted by Gasteiger charge is -2.36. The van der Waals surface area contributed by atoms with Crippen LogP contribution in [0.3, 0.4) is 0 Å². The van der Waals surface area contributed by atoms with Crippen molar-refractivity contribution < 1.29 is 24.2 Å². The Balaban J connectivity index is 2.86. The minimum absolute atomic E-state index is 0.0758. The minimum atomic E-state index is -0.948. The van der Waals surface area contributed by atoms with Crippen molar-refractivity contribution in [1.29, 1.82) is 0 Å². The highest BCUT2D eigenvalue weighted by Gasteiger charge is 2.41. The van der Waals surface area contributed by atoms with Crippen LogP contribution in [-0.2, 0) is 14.3 Å². The first-order valence-electron chi connectivity index (χ1n) is 7.56. The third kappa shape index (κ3) is 5.96. The van der Waals surface area contributed by atoms with Gasteiger partial charge in [0.15, 0.2) is 0 Å². The number of aliphatic hydroxyl groups is 1. The van der Waals surface area contributed by atoms with Crippen molar-refractivity contribution in [3.05, 3.63) is 10.4 Å². The number of nitrogens with one attached hydrogen (secondary N) is 1. The van der Waals surface area contributed by atoms with Crippen LogP contribution >= 0.6 is 0 Å². The summed E-state index contributed by atoms with van der Waals surface area (Å²) >= 11 is 0. The number of carbonyl (C=O) groups is 2. The van der Waals surface area contributed by atoms with E-state index in [9.17, 15) is 14.7 Å².